The lowest BCUT2D eigenvalue weighted by Crippen LogP contribution is -2.17. The molecule has 3 N–H and O–H groups in total. The molecule has 0 radical (unpaired) electrons. The normalized spacial score (nSPS) is 11.8. The molecule has 0 saturated heterocycles. The van der Waals surface area contributed by atoms with Gasteiger partial charge in [-0.05, 0) is 42.3 Å². The van der Waals surface area contributed by atoms with E-state index >= 15 is 0 Å². The third-order valence-corrected chi connectivity index (χ3v) is 3.97. The van der Waals surface area contributed by atoms with Gasteiger partial charge in [-0.2, -0.15) is 0 Å². The highest BCUT2D eigenvalue weighted by atomic mass is 35.5. The minimum absolute atomic E-state index is 0. The topological polar surface area (TPSA) is 63.3 Å². The van der Waals surface area contributed by atoms with Crippen molar-refractivity contribution in [1.29, 1.82) is 0 Å². The average Bonchev–Trinajstić information content (AvgIpc) is 2.40. The summed E-state index contributed by atoms with van der Waals surface area (Å²) < 4.78 is 27.6. The van der Waals surface area contributed by atoms with Crippen LogP contribution in [0.4, 0.5) is 8.78 Å². The van der Waals surface area contributed by atoms with Gasteiger partial charge in [0, 0.05) is 17.2 Å². The Bertz CT molecular complexity index is 761. The SMILES string of the molecule is Cc1cc(-c2c(Cl)cc(F)cc2Cl)cc([C@@H](N)CC(=O)O)c1F.Cl. The van der Waals surface area contributed by atoms with Crippen molar-refractivity contribution in [2.75, 3.05) is 0 Å². The minimum Gasteiger partial charge on any atom is -0.481 e. The third-order valence-electron chi connectivity index (χ3n) is 3.37. The third kappa shape index (κ3) is 4.36. The zero-order chi connectivity index (χ0) is 17.3. The fourth-order valence-electron chi connectivity index (χ4n) is 2.33. The number of aryl methyl sites for hydroxylation is 1. The zero-order valence-electron chi connectivity index (χ0n) is 12.4. The van der Waals surface area contributed by atoms with E-state index in [0.29, 0.717) is 11.1 Å². The number of rotatable bonds is 4. The fourth-order valence-corrected chi connectivity index (χ4v) is 3.01. The van der Waals surface area contributed by atoms with Gasteiger partial charge < -0.3 is 10.8 Å². The molecule has 0 saturated carbocycles. The lowest BCUT2D eigenvalue weighted by molar-refractivity contribution is -0.137. The molecule has 0 heterocycles. The standard InChI is InChI=1S/C16H13Cl2F2NO2.ClH/c1-7-2-8(15-11(17)4-9(19)5-12(15)18)3-10(16(7)20)13(21)6-14(22)23;/h2-5,13H,6,21H2,1H3,(H,22,23);1H/t13-;/m0./s1. The second-order valence-corrected chi connectivity index (χ2v) is 5.96. The molecule has 0 bridgehead atoms. The van der Waals surface area contributed by atoms with Gasteiger partial charge in [0.2, 0.25) is 0 Å². The summed E-state index contributed by atoms with van der Waals surface area (Å²) in [4.78, 5) is 10.8. The van der Waals surface area contributed by atoms with E-state index in [4.69, 9.17) is 34.0 Å². The summed E-state index contributed by atoms with van der Waals surface area (Å²) in [6.45, 7) is 1.52. The number of benzene rings is 2. The number of carboxylic acids is 1. The van der Waals surface area contributed by atoms with Gasteiger partial charge in [-0.25, -0.2) is 8.78 Å². The van der Waals surface area contributed by atoms with Crippen LogP contribution in [-0.2, 0) is 4.79 Å². The highest BCUT2D eigenvalue weighted by Gasteiger charge is 2.20. The van der Waals surface area contributed by atoms with Crippen molar-refractivity contribution in [2.24, 2.45) is 5.73 Å². The zero-order valence-corrected chi connectivity index (χ0v) is 14.8. The summed E-state index contributed by atoms with van der Waals surface area (Å²) in [6.07, 6.45) is -0.426. The van der Waals surface area contributed by atoms with E-state index in [1.807, 2.05) is 0 Å². The molecule has 1 atom stereocenters. The molecule has 2 aromatic rings. The van der Waals surface area contributed by atoms with Gasteiger partial charge in [0.25, 0.3) is 0 Å². The second-order valence-electron chi connectivity index (χ2n) is 5.15. The molecule has 0 spiro atoms. The Hall–Kier alpha value is -1.40. The van der Waals surface area contributed by atoms with Crippen molar-refractivity contribution in [3.63, 3.8) is 0 Å². The van der Waals surface area contributed by atoms with Crippen LogP contribution in [0, 0.1) is 18.6 Å². The Morgan fingerprint density at radius 3 is 2.25 bits per heavy atom. The van der Waals surface area contributed by atoms with Gasteiger partial charge in [-0.3, -0.25) is 4.79 Å². The number of hydrogen-bond acceptors (Lipinski definition) is 2. The van der Waals surface area contributed by atoms with E-state index in [0.717, 1.165) is 12.1 Å². The first-order chi connectivity index (χ1) is 10.7. The van der Waals surface area contributed by atoms with Crippen LogP contribution in [0.5, 0.6) is 0 Å². The van der Waals surface area contributed by atoms with Gasteiger partial charge in [0.15, 0.2) is 0 Å². The number of carboxylic acid groups (broad SMARTS) is 1. The molecular formula is C16H14Cl3F2NO2. The van der Waals surface area contributed by atoms with Crippen LogP contribution in [0.3, 0.4) is 0 Å². The van der Waals surface area contributed by atoms with Crippen LogP contribution >= 0.6 is 35.6 Å². The first-order valence-corrected chi connectivity index (χ1v) is 7.38. The number of carbonyl (C=O) groups is 1. The molecule has 130 valence electrons. The average molecular weight is 397 g/mol. The lowest BCUT2D eigenvalue weighted by atomic mass is 9.95. The molecule has 24 heavy (non-hydrogen) atoms. The van der Waals surface area contributed by atoms with E-state index in [-0.39, 0.29) is 33.6 Å². The Labute approximate surface area is 153 Å². The Morgan fingerprint density at radius 1 is 1.21 bits per heavy atom. The van der Waals surface area contributed by atoms with Crippen LogP contribution in [0.25, 0.3) is 11.1 Å². The quantitative estimate of drug-likeness (QED) is 0.752. The van der Waals surface area contributed by atoms with Gasteiger partial charge >= 0.3 is 5.97 Å². The van der Waals surface area contributed by atoms with Crippen LogP contribution in [0.1, 0.15) is 23.6 Å². The summed E-state index contributed by atoms with van der Waals surface area (Å²) in [6, 6.07) is 4.05. The van der Waals surface area contributed by atoms with Crippen molar-refractivity contribution in [2.45, 2.75) is 19.4 Å². The predicted octanol–water partition coefficient (Wildman–Crippen LogP) is 5.14. The van der Waals surface area contributed by atoms with E-state index in [9.17, 15) is 13.6 Å². The van der Waals surface area contributed by atoms with Crippen molar-refractivity contribution >= 4 is 41.6 Å². The molecule has 0 aromatic heterocycles. The molecule has 0 unspecified atom stereocenters. The maximum Gasteiger partial charge on any atom is 0.305 e. The molecule has 8 heteroatoms. The van der Waals surface area contributed by atoms with E-state index in [2.05, 4.69) is 0 Å². The van der Waals surface area contributed by atoms with Crippen molar-refractivity contribution < 1.29 is 18.7 Å². The molecule has 0 aliphatic rings. The van der Waals surface area contributed by atoms with Crippen molar-refractivity contribution in [3.05, 3.63) is 57.1 Å². The molecule has 2 rings (SSSR count). The molecule has 0 fully saturated rings. The van der Waals surface area contributed by atoms with Crippen molar-refractivity contribution in [1.82, 2.24) is 0 Å². The summed E-state index contributed by atoms with van der Waals surface area (Å²) in [5.41, 5.74) is 6.84. The van der Waals surface area contributed by atoms with E-state index in [1.165, 1.54) is 19.1 Å². The number of hydrogen-bond donors (Lipinski definition) is 2. The van der Waals surface area contributed by atoms with Gasteiger partial charge in [0.05, 0.1) is 16.5 Å². The highest BCUT2D eigenvalue weighted by Crippen LogP contribution is 2.38. The van der Waals surface area contributed by atoms with E-state index < -0.39 is 30.1 Å². The summed E-state index contributed by atoms with van der Waals surface area (Å²) in [7, 11) is 0. The maximum atomic E-state index is 14.3. The van der Waals surface area contributed by atoms with Gasteiger partial charge in [-0.15, -0.1) is 12.4 Å². The lowest BCUT2D eigenvalue weighted by Gasteiger charge is -2.16. The number of halogens is 5. The molecule has 3 nitrogen and oxygen atoms in total. The van der Waals surface area contributed by atoms with Crippen molar-refractivity contribution in [3.8, 4) is 11.1 Å². The van der Waals surface area contributed by atoms with Crippen LogP contribution in [0.2, 0.25) is 10.0 Å². The van der Waals surface area contributed by atoms with Crippen LogP contribution in [0.15, 0.2) is 24.3 Å². The largest absolute Gasteiger partial charge is 0.481 e. The van der Waals surface area contributed by atoms with Crippen LogP contribution < -0.4 is 5.73 Å². The summed E-state index contributed by atoms with van der Waals surface area (Å²) >= 11 is 12.1. The highest BCUT2D eigenvalue weighted by molar-refractivity contribution is 6.39. The minimum atomic E-state index is -1.14. The Balaban J connectivity index is 0.00000288. The summed E-state index contributed by atoms with van der Waals surface area (Å²) in [5, 5.41) is 8.96. The first kappa shape index (κ1) is 20.6. The monoisotopic (exact) mass is 395 g/mol. The van der Waals surface area contributed by atoms with Gasteiger partial charge in [0.1, 0.15) is 11.6 Å². The number of aliphatic carboxylic acids is 1. The predicted molar refractivity (Wildman–Crippen MR) is 93.0 cm³/mol. The molecule has 2 aromatic carbocycles. The summed E-state index contributed by atoms with van der Waals surface area (Å²) in [5.74, 6) is -2.32. The van der Waals surface area contributed by atoms with Crippen LogP contribution in [-0.4, -0.2) is 11.1 Å². The van der Waals surface area contributed by atoms with Gasteiger partial charge in [-0.1, -0.05) is 23.2 Å². The maximum absolute atomic E-state index is 14.3. The first-order valence-electron chi connectivity index (χ1n) is 6.63. The molecule has 0 aliphatic heterocycles. The second kappa shape index (κ2) is 8.12. The smallest absolute Gasteiger partial charge is 0.305 e. The number of nitrogens with two attached hydrogens (primary N) is 1. The molecular weight excluding hydrogens is 383 g/mol. The molecule has 0 amide bonds. The Morgan fingerprint density at radius 2 is 1.75 bits per heavy atom. The Kier molecular flexibility index (Phi) is 6.98. The fraction of sp³-hybridized carbons (Fsp3) is 0.188. The molecule has 0 aliphatic carbocycles. The van der Waals surface area contributed by atoms with E-state index in [1.54, 1.807) is 0 Å².